The van der Waals surface area contributed by atoms with Crippen LogP contribution in [0.5, 0.6) is 0 Å². The SMILES string of the molecule is O=C(NCC(=O)N(Cc1ccco1)[C@@H](C(=O)NC1CCCC1)c1ccccc1)c1ccco1. The van der Waals surface area contributed by atoms with E-state index in [0.717, 1.165) is 25.7 Å². The van der Waals surface area contributed by atoms with Gasteiger partial charge in [-0.2, -0.15) is 0 Å². The molecule has 0 saturated heterocycles. The van der Waals surface area contributed by atoms with Crippen LogP contribution in [0, 0.1) is 0 Å². The topological polar surface area (TPSA) is 105 Å². The number of carbonyl (C=O) groups excluding carboxylic acids is 3. The number of rotatable bonds is 9. The van der Waals surface area contributed by atoms with Gasteiger partial charge in [0.25, 0.3) is 5.91 Å². The molecule has 3 amide bonds. The molecule has 4 rings (SSSR count). The van der Waals surface area contributed by atoms with E-state index >= 15 is 0 Å². The Kier molecular flexibility index (Phi) is 7.24. The molecule has 1 atom stereocenters. The first-order valence-corrected chi connectivity index (χ1v) is 11.1. The summed E-state index contributed by atoms with van der Waals surface area (Å²) >= 11 is 0. The van der Waals surface area contributed by atoms with Gasteiger partial charge in [-0.05, 0) is 42.7 Å². The van der Waals surface area contributed by atoms with Crippen molar-refractivity contribution in [2.75, 3.05) is 6.54 Å². The number of nitrogens with zero attached hydrogens (tertiary/aromatic N) is 1. The Bertz CT molecular complexity index is 1040. The van der Waals surface area contributed by atoms with E-state index in [-0.39, 0.29) is 30.8 Å². The summed E-state index contributed by atoms with van der Waals surface area (Å²) in [6.45, 7) is -0.208. The van der Waals surface area contributed by atoms with Crippen LogP contribution in [0.4, 0.5) is 0 Å². The quantitative estimate of drug-likeness (QED) is 0.521. The third-order valence-corrected chi connectivity index (χ3v) is 5.75. The number of amides is 3. The van der Waals surface area contributed by atoms with Crippen LogP contribution >= 0.6 is 0 Å². The number of nitrogens with one attached hydrogen (secondary N) is 2. The first-order valence-electron chi connectivity index (χ1n) is 11.1. The molecule has 33 heavy (non-hydrogen) atoms. The minimum Gasteiger partial charge on any atom is -0.467 e. The second-order valence-electron chi connectivity index (χ2n) is 8.06. The minimum absolute atomic E-state index is 0.0834. The molecule has 8 nitrogen and oxygen atoms in total. The Hall–Kier alpha value is -3.81. The average molecular weight is 450 g/mol. The summed E-state index contributed by atoms with van der Waals surface area (Å²) in [6.07, 6.45) is 6.92. The normalized spacial score (nSPS) is 14.5. The van der Waals surface area contributed by atoms with Crippen LogP contribution < -0.4 is 10.6 Å². The van der Waals surface area contributed by atoms with Crippen molar-refractivity contribution in [2.24, 2.45) is 0 Å². The van der Waals surface area contributed by atoms with Crippen molar-refractivity contribution in [1.82, 2.24) is 15.5 Å². The molecule has 1 fully saturated rings. The van der Waals surface area contributed by atoms with Crippen LogP contribution in [0.15, 0.2) is 76.0 Å². The summed E-state index contributed by atoms with van der Waals surface area (Å²) in [5, 5.41) is 5.69. The molecule has 2 N–H and O–H groups in total. The van der Waals surface area contributed by atoms with E-state index in [4.69, 9.17) is 8.83 Å². The van der Waals surface area contributed by atoms with Crippen molar-refractivity contribution in [3.63, 3.8) is 0 Å². The van der Waals surface area contributed by atoms with Crippen molar-refractivity contribution in [3.05, 3.63) is 84.2 Å². The van der Waals surface area contributed by atoms with Crippen LogP contribution in [-0.2, 0) is 16.1 Å². The predicted octanol–water partition coefficient (Wildman–Crippen LogP) is 3.43. The van der Waals surface area contributed by atoms with E-state index in [1.54, 1.807) is 18.2 Å². The first kappa shape index (κ1) is 22.4. The van der Waals surface area contributed by atoms with Crippen LogP contribution in [0.25, 0.3) is 0 Å². The monoisotopic (exact) mass is 449 g/mol. The Balaban J connectivity index is 1.58. The zero-order valence-corrected chi connectivity index (χ0v) is 18.2. The summed E-state index contributed by atoms with van der Waals surface area (Å²) in [6, 6.07) is 15.0. The van der Waals surface area contributed by atoms with Gasteiger partial charge in [-0.3, -0.25) is 14.4 Å². The highest BCUT2D eigenvalue weighted by molar-refractivity contribution is 5.95. The highest BCUT2D eigenvalue weighted by Crippen LogP contribution is 2.26. The maximum atomic E-state index is 13.5. The fraction of sp³-hybridized carbons (Fsp3) is 0.320. The van der Waals surface area contributed by atoms with Gasteiger partial charge < -0.3 is 24.4 Å². The lowest BCUT2D eigenvalue weighted by Gasteiger charge is -2.31. The highest BCUT2D eigenvalue weighted by atomic mass is 16.3. The molecular weight excluding hydrogens is 422 g/mol. The molecule has 172 valence electrons. The summed E-state index contributed by atoms with van der Waals surface area (Å²) < 4.78 is 10.6. The lowest BCUT2D eigenvalue weighted by molar-refractivity contribution is -0.141. The Morgan fingerprint density at radius 1 is 0.939 bits per heavy atom. The fourth-order valence-electron chi connectivity index (χ4n) is 4.10. The van der Waals surface area contributed by atoms with Gasteiger partial charge in [-0.25, -0.2) is 0 Å². The number of hydrogen-bond acceptors (Lipinski definition) is 5. The molecule has 8 heteroatoms. The smallest absolute Gasteiger partial charge is 0.287 e. The molecule has 3 aromatic rings. The highest BCUT2D eigenvalue weighted by Gasteiger charge is 2.33. The van der Waals surface area contributed by atoms with Gasteiger partial charge in [-0.15, -0.1) is 0 Å². The minimum atomic E-state index is -0.870. The maximum absolute atomic E-state index is 13.5. The van der Waals surface area contributed by atoms with E-state index in [9.17, 15) is 14.4 Å². The standard InChI is InChI=1S/C25H27N3O5/c29-22(16-26-24(30)21-13-7-15-33-21)28(17-20-12-6-14-32-20)23(18-8-2-1-3-9-18)25(31)27-19-10-4-5-11-19/h1-3,6-9,12-15,19,23H,4-5,10-11,16-17H2,(H,26,30)(H,27,31)/t23-/m1/s1. The van der Waals surface area contributed by atoms with E-state index < -0.39 is 17.9 Å². The molecule has 1 aliphatic rings. The van der Waals surface area contributed by atoms with Crippen molar-refractivity contribution in [2.45, 2.75) is 44.3 Å². The van der Waals surface area contributed by atoms with E-state index in [2.05, 4.69) is 10.6 Å². The van der Waals surface area contributed by atoms with E-state index in [0.29, 0.717) is 11.3 Å². The Morgan fingerprint density at radius 2 is 1.67 bits per heavy atom. The van der Waals surface area contributed by atoms with E-state index in [1.165, 1.54) is 23.5 Å². The van der Waals surface area contributed by atoms with Gasteiger partial charge in [0.2, 0.25) is 11.8 Å². The molecule has 0 aliphatic heterocycles. The Morgan fingerprint density at radius 3 is 2.33 bits per heavy atom. The summed E-state index contributed by atoms with van der Waals surface area (Å²) in [5.74, 6) is -0.514. The average Bonchev–Trinajstić information content (AvgIpc) is 3.61. The third-order valence-electron chi connectivity index (χ3n) is 5.75. The molecule has 1 aliphatic carbocycles. The first-order chi connectivity index (χ1) is 16.1. The molecule has 1 saturated carbocycles. The zero-order chi connectivity index (χ0) is 23.0. The second kappa shape index (κ2) is 10.7. The van der Waals surface area contributed by atoms with Gasteiger partial charge in [0.15, 0.2) is 5.76 Å². The van der Waals surface area contributed by atoms with Gasteiger partial charge >= 0.3 is 0 Å². The number of furan rings is 2. The third kappa shape index (κ3) is 5.71. The lowest BCUT2D eigenvalue weighted by atomic mass is 10.0. The molecule has 1 aromatic carbocycles. The summed E-state index contributed by atoms with van der Waals surface area (Å²) in [4.78, 5) is 40.5. The van der Waals surface area contributed by atoms with Crippen LogP contribution in [0.1, 0.15) is 53.6 Å². The van der Waals surface area contributed by atoms with Crippen LogP contribution in [0.2, 0.25) is 0 Å². The molecular formula is C25H27N3O5. The van der Waals surface area contributed by atoms with Crippen LogP contribution in [0.3, 0.4) is 0 Å². The van der Waals surface area contributed by atoms with Gasteiger partial charge in [0.1, 0.15) is 11.8 Å². The van der Waals surface area contributed by atoms with Gasteiger partial charge in [-0.1, -0.05) is 43.2 Å². The van der Waals surface area contributed by atoms with Crippen LogP contribution in [-0.4, -0.2) is 35.2 Å². The second-order valence-corrected chi connectivity index (χ2v) is 8.06. The molecule has 2 aromatic heterocycles. The van der Waals surface area contributed by atoms with Gasteiger partial charge in [0.05, 0.1) is 25.6 Å². The fourth-order valence-corrected chi connectivity index (χ4v) is 4.10. The summed E-state index contributed by atoms with van der Waals surface area (Å²) in [5.41, 5.74) is 0.685. The van der Waals surface area contributed by atoms with Gasteiger partial charge in [0, 0.05) is 6.04 Å². The Labute approximate surface area is 191 Å². The molecule has 0 radical (unpaired) electrons. The zero-order valence-electron chi connectivity index (χ0n) is 18.2. The van der Waals surface area contributed by atoms with E-state index in [1.807, 2.05) is 30.3 Å². The largest absolute Gasteiger partial charge is 0.467 e. The number of benzene rings is 1. The number of carbonyl (C=O) groups is 3. The maximum Gasteiger partial charge on any atom is 0.287 e. The van der Waals surface area contributed by atoms with Crippen molar-refractivity contribution >= 4 is 17.7 Å². The molecule has 0 bridgehead atoms. The molecule has 0 spiro atoms. The number of hydrogen-bond donors (Lipinski definition) is 2. The predicted molar refractivity (Wildman–Crippen MR) is 120 cm³/mol. The molecule has 2 heterocycles. The van der Waals surface area contributed by atoms with Crippen molar-refractivity contribution < 1.29 is 23.2 Å². The summed E-state index contributed by atoms with van der Waals surface area (Å²) in [7, 11) is 0. The van der Waals surface area contributed by atoms with Crippen molar-refractivity contribution in [3.8, 4) is 0 Å². The van der Waals surface area contributed by atoms with Crippen molar-refractivity contribution in [1.29, 1.82) is 0 Å². The lowest BCUT2D eigenvalue weighted by Crippen LogP contribution is -2.48. The molecule has 0 unspecified atom stereocenters.